The highest BCUT2D eigenvalue weighted by Gasteiger charge is 2.27. The number of imidazole rings is 4. The maximum atomic E-state index is 5.89. The number of aryl methyl sites for hydroxylation is 4. The van der Waals surface area contributed by atoms with E-state index in [2.05, 4.69) is 372 Å². The van der Waals surface area contributed by atoms with Crippen LogP contribution in [0.2, 0.25) is 0 Å². The summed E-state index contributed by atoms with van der Waals surface area (Å²) in [5, 5.41) is 11.0. The average Bonchev–Trinajstić information content (AvgIpc) is 1.47. The van der Waals surface area contributed by atoms with Crippen LogP contribution in [0.15, 0.2) is 437 Å². The Morgan fingerprint density at radius 2 is 0.630 bits per heavy atom. The highest BCUT2D eigenvalue weighted by atomic mass is 27.2. The first-order valence-electron chi connectivity index (χ1n) is 45.2. The van der Waals surface area contributed by atoms with E-state index < -0.39 is 15.9 Å². The summed E-state index contributed by atoms with van der Waals surface area (Å²) in [6, 6.07) is 147. The number of fused-ring (bicyclic) bond motifs is 9. The van der Waals surface area contributed by atoms with E-state index in [0.29, 0.717) is 0 Å². The molecule has 639 valence electrons. The maximum Gasteiger partial charge on any atom is 0.881 e. The molecule has 0 aliphatic heterocycles. The molecule has 25 aromatic rings. The maximum absolute atomic E-state index is 5.89. The lowest BCUT2D eigenvalue weighted by atomic mass is 9.84. The molecule has 0 unspecified atom stereocenters. The highest BCUT2D eigenvalue weighted by Crippen LogP contribution is 2.48. The molecule has 14 nitrogen and oxygen atoms in total. The Bertz CT molecular complexity index is 8510. The van der Waals surface area contributed by atoms with Crippen molar-refractivity contribution in [2.75, 3.05) is 0 Å². The number of aromatic nitrogens is 12. The summed E-state index contributed by atoms with van der Waals surface area (Å²) in [5.74, 6) is 4.78. The minimum atomic E-state index is -0.665. The summed E-state index contributed by atoms with van der Waals surface area (Å²) < 4.78 is 20.4. The molecule has 0 saturated heterocycles. The first-order chi connectivity index (χ1) is 66.6. The van der Waals surface area contributed by atoms with Crippen molar-refractivity contribution in [3.05, 3.63) is 460 Å². The molecule has 0 aliphatic carbocycles. The molecule has 0 aliphatic rings. The lowest BCUT2D eigenvalue weighted by Crippen LogP contribution is -2.11. The molecule has 0 saturated carbocycles. The van der Waals surface area contributed by atoms with Gasteiger partial charge in [-0.3, -0.25) is 18.3 Å². The summed E-state index contributed by atoms with van der Waals surface area (Å²) in [5.41, 5.74) is 29.5. The zero-order valence-corrected chi connectivity index (χ0v) is 75.5. The predicted octanol–water partition coefficient (Wildman–Crippen LogP) is 29.3. The number of hydrogen-bond acceptors (Lipinski definition) is 10. The molecule has 15 heteroatoms. The Morgan fingerprint density at radius 3 is 1.17 bits per heavy atom. The van der Waals surface area contributed by atoms with Crippen molar-refractivity contribution in [2.24, 2.45) is 0 Å². The predicted molar refractivity (Wildman–Crippen MR) is 552 cm³/mol. The van der Waals surface area contributed by atoms with Crippen LogP contribution in [-0.2, 0) is 0 Å². The fraction of sp³-hybridized carbons (Fsp3) is 0.0333. The van der Waals surface area contributed by atoms with Crippen molar-refractivity contribution in [3.8, 4) is 124 Å². The van der Waals surface area contributed by atoms with Crippen LogP contribution in [0.5, 0.6) is 11.5 Å². The summed E-state index contributed by atoms with van der Waals surface area (Å²) in [7, 11) is 0. The third-order valence-electron chi connectivity index (χ3n) is 25.3. The molecule has 1 radical (unpaired) electrons. The molecule has 0 atom stereocenters. The lowest BCUT2D eigenvalue weighted by molar-refractivity contribution is 0.461. The molecular weight excluding hydrogens is 1670 g/mol. The van der Waals surface area contributed by atoms with Gasteiger partial charge in [-0.1, -0.05) is 279 Å². The number of hydrogen-bond donors (Lipinski definition) is 0. The molecule has 17 aromatic carbocycles. The third kappa shape index (κ3) is 15.7. The van der Waals surface area contributed by atoms with Crippen LogP contribution < -0.4 is 7.58 Å². The zero-order valence-electron chi connectivity index (χ0n) is 74.3. The third-order valence-corrected chi connectivity index (χ3v) is 26.0. The number of para-hydroxylation sites is 7. The van der Waals surface area contributed by atoms with Crippen LogP contribution in [0.1, 0.15) is 22.4 Å². The van der Waals surface area contributed by atoms with Crippen molar-refractivity contribution in [2.45, 2.75) is 27.7 Å². The molecule has 0 bridgehead atoms. The molecule has 135 heavy (non-hydrogen) atoms. The Kier molecular flexibility index (Phi) is 21.6. The SMILES string of the molecule is Cc1ccc2cccc([O][Al][O]c3ccc(-c4ccccc4)cc3)c2n1.Cc1ccccc1-n1c(-c2cc(-c3nc4cccnc4n3-c3ccccc3C)cc(-c3nc4cccnc4n3-c3ccccc3C)c2)nc2cccnc21.c1ccc(-n2c(-c3ccc(-c4ccc5c(-c6ccc7ccccc7c6)c6ccccc6c(-c6ccc7ccccc7c6)c5c4)cc3)nc3ccccc32)cc1. The molecule has 25 rings (SSSR count). The second-order valence-electron chi connectivity index (χ2n) is 33.9. The van der Waals surface area contributed by atoms with Gasteiger partial charge in [-0.05, 0) is 272 Å². The molecular formula is C120H84AlN12O2. The van der Waals surface area contributed by atoms with Gasteiger partial charge in [0.1, 0.15) is 51.1 Å². The molecule has 8 aromatic heterocycles. The van der Waals surface area contributed by atoms with Gasteiger partial charge in [-0.25, -0.2) is 39.9 Å². The van der Waals surface area contributed by atoms with Gasteiger partial charge in [0.2, 0.25) is 0 Å². The second kappa shape index (κ2) is 35.5. The molecule has 0 fully saturated rings. The van der Waals surface area contributed by atoms with Gasteiger partial charge in [0.25, 0.3) is 0 Å². The van der Waals surface area contributed by atoms with Crippen molar-refractivity contribution in [3.63, 3.8) is 0 Å². The second-order valence-corrected chi connectivity index (χ2v) is 34.5. The smallest absolute Gasteiger partial charge is 0.616 e. The van der Waals surface area contributed by atoms with E-state index in [0.717, 1.165) is 163 Å². The van der Waals surface area contributed by atoms with Gasteiger partial charge < -0.3 is 7.58 Å². The van der Waals surface area contributed by atoms with E-state index in [-0.39, 0.29) is 0 Å². The molecule has 0 spiro atoms. The van der Waals surface area contributed by atoms with E-state index in [9.17, 15) is 0 Å². The number of benzene rings is 17. The number of pyridine rings is 4. The first-order valence-corrected chi connectivity index (χ1v) is 46.2. The van der Waals surface area contributed by atoms with Crippen LogP contribution in [0.4, 0.5) is 0 Å². The Morgan fingerprint density at radius 1 is 0.237 bits per heavy atom. The van der Waals surface area contributed by atoms with Gasteiger partial charge >= 0.3 is 15.9 Å². The normalized spacial score (nSPS) is 11.4. The minimum Gasteiger partial charge on any atom is -0.616 e. The van der Waals surface area contributed by atoms with Crippen LogP contribution in [0.25, 0.3) is 211 Å². The zero-order chi connectivity index (χ0) is 90.4. The Labute approximate surface area is 786 Å². The number of nitrogens with zero attached hydrogens (tertiary/aromatic N) is 12. The van der Waals surface area contributed by atoms with Gasteiger partial charge in [0.05, 0.1) is 33.8 Å². The molecule has 0 amide bonds. The topological polar surface area (TPSA) is 141 Å². The van der Waals surface area contributed by atoms with E-state index in [1.807, 2.05) is 117 Å². The monoisotopic (exact) mass is 1750 g/mol. The van der Waals surface area contributed by atoms with Crippen molar-refractivity contribution < 1.29 is 7.58 Å². The highest BCUT2D eigenvalue weighted by molar-refractivity contribution is 6.23. The molecule has 0 N–H and O–H groups in total. The van der Waals surface area contributed by atoms with Crippen LogP contribution >= 0.6 is 0 Å². The minimum absolute atomic E-state index is 0.665. The summed E-state index contributed by atoms with van der Waals surface area (Å²) in [6.07, 6.45) is 5.46. The summed E-state index contributed by atoms with van der Waals surface area (Å²) in [4.78, 5) is 40.0. The average molecular weight is 1750 g/mol. The Balaban J connectivity index is 0.000000121. The van der Waals surface area contributed by atoms with E-state index in [1.165, 1.54) is 82.0 Å². The first kappa shape index (κ1) is 82.1. The van der Waals surface area contributed by atoms with Crippen molar-refractivity contribution >= 4 is 114 Å². The number of rotatable bonds is 16. The van der Waals surface area contributed by atoms with Gasteiger partial charge in [-0.15, -0.1) is 0 Å². The fourth-order valence-electron chi connectivity index (χ4n) is 18.8. The van der Waals surface area contributed by atoms with Crippen LogP contribution in [0.3, 0.4) is 0 Å². The summed E-state index contributed by atoms with van der Waals surface area (Å²) >= 11 is -0.665. The van der Waals surface area contributed by atoms with Crippen molar-refractivity contribution in [1.29, 1.82) is 0 Å². The van der Waals surface area contributed by atoms with E-state index in [1.54, 1.807) is 0 Å². The lowest BCUT2D eigenvalue weighted by Gasteiger charge is -2.19. The van der Waals surface area contributed by atoms with E-state index >= 15 is 0 Å². The van der Waals surface area contributed by atoms with Crippen molar-refractivity contribution in [1.82, 2.24) is 58.1 Å². The largest absolute Gasteiger partial charge is 0.881 e. The fourth-order valence-corrected chi connectivity index (χ4v) is 19.4. The van der Waals surface area contributed by atoms with Crippen LogP contribution in [0, 0.1) is 27.7 Å². The quantitative estimate of drug-likeness (QED) is 0.0678. The molecule has 8 heterocycles. The summed E-state index contributed by atoms with van der Waals surface area (Å²) in [6.45, 7) is 8.33. The Hall–Kier alpha value is -17.3. The van der Waals surface area contributed by atoms with Gasteiger partial charge in [0, 0.05) is 57.6 Å². The standard InChI is InChI=1S/C53H34N2.C45H33N9.C12H10O.C10H9NO.Al/c1-2-16-44(17-3-1)55-50-21-11-10-20-49(50)54-53(55)38-26-22-37(23-27-38)41-30-31-47-48(34-41)52(43-29-25-36-13-5-7-15-40(36)33-43)46-19-9-8-18-45(46)51(47)42-28-24-35-12-4-6-14-39(35)32-42;1-28-13-4-7-19-37(28)52-40(49-34-16-10-22-46-43(34)52)31-25-32(41-50-35-17-11-23-47-44(35)53(41)38-20-8-5-14-29(38)2)27-33(26-31)42-51-36-18-12-24-48-45(36)54(42)39-21-9-6-15-30(39)3;13-12-8-6-11(7-9-12)10-4-2-1-3-5-10;1-7-5-6-8-3-2-4-9(12)10(8)11-7;/h1-34H;4-27H,1-3H3;1-9,13H;2-6,12H,1H3;/q;;;;+2/p-2. The van der Waals surface area contributed by atoms with Gasteiger partial charge in [-0.2, -0.15) is 0 Å². The van der Waals surface area contributed by atoms with Crippen LogP contribution in [-0.4, -0.2) is 74.0 Å². The van der Waals surface area contributed by atoms with E-state index in [4.69, 9.17) is 42.5 Å². The van der Waals surface area contributed by atoms with Gasteiger partial charge in [0.15, 0.2) is 16.9 Å².